The first-order valence-electron chi connectivity index (χ1n) is 11.2. The fourth-order valence-electron chi connectivity index (χ4n) is 4.22. The minimum Gasteiger partial charge on any atom is -0.503 e. The molecule has 10 nitrogen and oxygen atoms in total. The predicted molar refractivity (Wildman–Crippen MR) is 130 cm³/mol. The number of aryl methyl sites for hydroxylation is 1. The Morgan fingerprint density at radius 3 is 2.50 bits per heavy atom. The van der Waals surface area contributed by atoms with Crippen molar-refractivity contribution in [1.82, 2.24) is 14.5 Å². The van der Waals surface area contributed by atoms with Gasteiger partial charge < -0.3 is 33.2 Å². The van der Waals surface area contributed by atoms with Gasteiger partial charge in [-0.2, -0.15) is 0 Å². The Hall–Kier alpha value is -4.47. The maximum Gasteiger partial charge on any atom is 0.290 e. The number of rotatable bonds is 11. The molecule has 10 heteroatoms. The molecule has 1 aliphatic rings. The minimum atomic E-state index is -0.872. The van der Waals surface area contributed by atoms with Crippen molar-refractivity contribution in [2.45, 2.75) is 19.0 Å². The first-order chi connectivity index (χ1) is 17.5. The van der Waals surface area contributed by atoms with Crippen molar-refractivity contribution in [1.29, 1.82) is 0 Å². The average molecular weight is 494 g/mol. The Balaban J connectivity index is 1.73. The summed E-state index contributed by atoms with van der Waals surface area (Å²) < 4.78 is 23.5. The van der Waals surface area contributed by atoms with Crippen LogP contribution in [-0.2, 0) is 16.1 Å². The van der Waals surface area contributed by atoms with Gasteiger partial charge in [0.2, 0.25) is 5.75 Å². The van der Waals surface area contributed by atoms with Gasteiger partial charge in [0.05, 0.1) is 45.5 Å². The number of carbonyl (C=O) groups is 2. The number of imidazole rings is 1. The number of methoxy groups -OCH3 is 3. The molecule has 1 aliphatic heterocycles. The Kier molecular flexibility index (Phi) is 7.43. The third-order valence-corrected chi connectivity index (χ3v) is 5.89. The topological polar surface area (TPSA) is 116 Å². The number of carbonyl (C=O) groups excluding carboxylic acids is 2. The summed E-state index contributed by atoms with van der Waals surface area (Å²) in [6.45, 7) is 0.884. The van der Waals surface area contributed by atoms with E-state index in [2.05, 4.69) is 4.98 Å². The Bertz CT molecular complexity index is 1250. The predicted octanol–water partition coefficient (Wildman–Crippen LogP) is 3.57. The fourth-order valence-corrected chi connectivity index (χ4v) is 4.22. The number of allylic oxidation sites excluding steroid dienone is 1. The van der Waals surface area contributed by atoms with Crippen LogP contribution in [-0.4, -0.2) is 59.1 Å². The van der Waals surface area contributed by atoms with Crippen LogP contribution < -0.4 is 14.2 Å². The van der Waals surface area contributed by atoms with Gasteiger partial charge in [0.1, 0.15) is 5.76 Å². The molecule has 1 aromatic carbocycles. The Morgan fingerprint density at radius 2 is 1.92 bits per heavy atom. The lowest BCUT2D eigenvalue weighted by Crippen LogP contribution is -2.32. The normalized spacial score (nSPS) is 15.7. The minimum absolute atomic E-state index is 0.0419. The molecule has 0 spiro atoms. The second kappa shape index (κ2) is 10.9. The average Bonchev–Trinajstić information content (AvgIpc) is 3.65. The zero-order valence-electron chi connectivity index (χ0n) is 20.2. The van der Waals surface area contributed by atoms with Crippen molar-refractivity contribution in [2.24, 2.45) is 0 Å². The summed E-state index contributed by atoms with van der Waals surface area (Å²) >= 11 is 0. The molecule has 2 aromatic heterocycles. The quantitative estimate of drug-likeness (QED) is 0.403. The third kappa shape index (κ3) is 4.83. The molecule has 1 unspecified atom stereocenters. The highest BCUT2D eigenvalue weighted by Crippen LogP contribution is 2.45. The molecule has 4 rings (SSSR count). The molecule has 0 saturated carbocycles. The first-order valence-corrected chi connectivity index (χ1v) is 11.2. The van der Waals surface area contributed by atoms with Gasteiger partial charge in [-0.1, -0.05) is 0 Å². The highest BCUT2D eigenvalue weighted by molar-refractivity contribution is 6.14. The zero-order chi connectivity index (χ0) is 25.7. The van der Waals surface area contributed by atoms with Crippen LogP contribution in [0.5, 0.6) is 17.2 Å². The smallest absolute Gasteiger partial charge is 0.290 e. The largest absolute Gasteiger partial charge is 0.503 e. The molecule has 0 radical (unpaired) electrons. The van der Waals surface area contributed by atoms with Gasteiger partial charge in [0.25, 0.3) is 5.91 Å². The summed E-state index contributed by atoms with van der Waals surface area (Å²) in [5, 5.41) is 10.8. The lowest BCUT2D eigenvalue weighted by Gasteiger charge is -2.27. The van der Waals surface area contributed by atoms with E-state index >= 15 is 0 Å². The molecule has 0 aliphatic carbocycles. The molecular weight excluding hydrogens is 466 g/mol. The van der Waals surface area contributed by atoms with Crippen LogP contribution in [0.25, 0.3) is 6.08 Å². The summed E-state index contributed by atoms with van der Waals surface area (Å²) in [5.74, 6) is -0.176. The molecule has 1 amide bonds. The highest BCUT2D eigenvalue weighted by Gasteiger charge is 2.43. The van der Waals surface area contributed by atoms with Gasteiger partial charge >= 0.3 is 0 Å². The molecule has 3 aromatic rings. The van der Waals surface area contributed by atoms with Gasteiger partial charge in [-0.05, 0) is 48.4 Å². The third-order valence-electron chi connectivity index (χ3n) is 5.89. The number of hydrogen-bond acceptors (Lipinski definition) is 8. The van der Waals surface area contributed by atoms with E-state index in [9.17, 15) is 14.7 Å². The number of hydrogen-bond donors (Lipinski definition) is 1. The lowest BCUT2D eigenvalue weighted by atomic mass is 9.95. The van der Waals surface area contributed by atoms with E-state index in [0.717, 1.165) is 0 Å². The van der Waals surface area contributed by atoms with E-state index in [1.807, 2.05) is 10.8 Å². The second-order valence-electron chi connectivity index (χ2n) is 7.99. The standard InChI is InChI=1S/C26H27N3O7/c1-33-20-14-17(15-21(34-2)25(20)35-3)23-22(19(30)8-7-18-6-4-13-36-18)24(31)26(32)29(23)11-5-10-28-12-9-27-16-28/h4,6-9,12-16,23,31H,5,10-11H2,1-3H3/b8-7+. The Morgan fingerprint density at radius 1 is 1.17 bits per heavy atom. The molecule has 1 atom stereocenters. The molecule has 188 valence electrons. The number of nitrogens with zero attached hydrogens (tertiary/aromatic N) is 3. The van der Waals surface area contributed by atoms with Crippen molar-refractivity contribution in [2.75, 3.05) is 27.9 Å². The van der Waals surface area contributed by atoms with Gasteiger partial charge in [-0.3, -0.25) is 9.59 Å². The maximum atomic E-state index is 13.3. The molecule has 0 bridgehead atoms. The van der Waals surface area contributed by atoms with E-state index in [1.54, 1.807) is 36.8 Å². The van der Waals surface area contributed by atoms with Crippen molar-refractivity contribution < 1.29 is 33.3 Å². The number of aliphatic hydroxyl groups is 1. The monoisotopic (exact) mass is 493 g/mol. The van der Waals surface area contributed by atoms with E-state index in [1.165, 1.54) is 44.6 Å². The Labute approximate surface area is 208 Å². The van der Waals surface area contributed by atoms with Crippen molar-refractivity contribution in [3.8, 4) is 17.2 Å². The highest BCUT2D eigenvalue weighted by atomic mass is 16.5. The summed E-state index contributed by atoms with van der Waals surface area (Å²) in [6.07, 6.45) is 10.0. The second-order valence-corrected chi connectivity index (χ2v) is 7.99. The van der Waals surface area contributed by atoms with Crippen molar-refractivity contribution in [3.63, 3.8) is 0 Å². The lowest BCUT2D eigenvalue weighted by molar-refractivity contribution is -0.129. The van der Waals surface area contributed by atoms with Crippen molar-refractivity contribution in [3.05, 3.63) is 78.0 Å². The van der Waals surface area contributed by atoms with Gasteiger partial charge in [0.15, 0.2) is 23.0 Å². The molecule has 0 fully saturated rings. The van der Waals surface area contributed by atoms with Crippen molar-refractivity contribution >= 4 is 17.8 Å². The summed E-state index contributed by atoms with van der Waals surface area (Å²) in [5.41, 5.74) is 0.485. The number of aromatic nitrogens is 2. The number of ketones is 1. The molecule has 36 heavy (non-hydrogen) atoms. The number of benzene rings is 1. The van der Waals surface area contributed by atoms with Gasteiger partial charge in [0, 0.05) is 25.5 Å². The van der Waals surface area contributed by atoms with Crippen LogP contribution >= 0.6 is 0 Å². The summed E-state index contributed by atoms with van der Waals surface area (Å²) in [4.78, 5) is 32.0. The SMILES string of the molecule is COc1cc(C2C(C(=O)/C=C/c3ccco3)=C(O)C(=O)N2CCCn2ccnc2)cc(OC)c1OC. The van der Waals surface area contributed by atoms with Gasteiger partial charge in [-0.15, -0.1) is 0 Å². The zero-order valence-corrected chi connectivity index (χ0v) is 20.2. The fraction of sp³-hybridized carbons (Fsp3) is 0.269. The van der Waals surface area contributed by atoms with E-state index in [0.29, 0.717) is 41.5 Å². The van der Waals surface area contributed by atoms with E-state index in [4.69, 9.17) is 18.6 Å². The van der Waals surface area contributed by atoms with E-state index < -0.39 is 23.5 Å². The number of amides is 1. The van der Waals surface area contributed by atoms with Gasteiger partial charge in [-0.25, -0.2) is 4.98 Å². The van der Waals surface area contributed by atoms with Crippen LogP contribution in [0.3, 0.4) is 0 Å². The van der Waals surface area contributed by atoms with E-state index in [-0.39, 0.29) is 12.1 Å². The first kappa shape index (κ1) is 24.6. The van der Waals surface area contributed by atoms with Crippen LogP contribution in [0.2, 0.25) is 0 Å². The molecule has 3 heterocycles. The van der Waals surface area contributed by atoms with Crippen LogP contribution in [0.1, 0.15) is 23.8 Å². The molecule has 1 N–H and O–H groups in total. The maximum absolute atomic E-state index is 13.3. The molecule has 0 saturated heterocycles. The van der Waals surface area contributed by atoms with Crippen LogP contribution in [0, 0.1) is 0 Å². The summed E-state index contributed by atoms with van der Waals surface area (Å²) in [6, 6.07) is 5.86. The molecular formula is C26H27N3O7. The summed E-state index contributed by atoms with van der Waals surface area (Å²) in [7, 11) is 4.45. The number of ether oxygens (including phenoxy) is 3. The number of furan rings is 1. The number of aliphatic hydroxyl groups excluding tert-OH is 1. The van der Waals surface area contributed by atoms with Crippen LogP contribution in [0.4, 0.5) is 0 Å². The van der Waals surface area contributed by atoms with Crippen LogP contribution in [0.15, 0.2) is 71.1 Å².